The van der Waals surface area contributed by atoms with Crippen LogP contribution < -0.4 is 5.32 Å². The zero-order valence-electron chi connectivity index (χ0n) is 11.6. The van der Waals surface area contributed by atoms with E-state index in [-0.39, 0.29) is 12.5 Å². The van der Waals surface area contributed by atoms with Gasteiger partial charge in [0.1, 0.15) is 0 Å². The minimum Gasteiger partial charge on any atom is -0.394 e. The summed E-state index contributed by atoms with van der Waals surface area (Å²) in [6.45, 7) is 3.63. The summed E-state index contributed by atoms with van der Waals surface area (Å²) >= 11 is 0. The first-order valence-electron chi connectivity index (χ1n) is 6.48. The van der Waals surface area contributed by atoms with Gasteiger partial charge in [0.2, 0.25) is 0 Å². The van der Waals surface area contributed by atoms with E-state index in [0.717, 1.165) is 5.69 Å². The molecule has 0 aliphatic heterocycles. The van der Waals surface area contributed by atoms with Crippen molar-refractivity contribution >= 4 is 5.91 Å². The Hall–Kier alpha value is -2.21. The van der Waals surface area contributed by atoms with Crippen LogP contribution in [0.2, 0.25) is 0 Å². The van der Waals surface area contributed by atoms with Crippen LogP contribution in [0.3, 0.4) is 0 Å². The maximum atomic E-state index is 12.2. The topological polar surface area (TPSA) is 80.0 Å². The average Bonchev–Trinajstić information content (AvgIpc) is 3.01. The molecule has 1 amide bonds. The van der Waals surface area contributed by atoms with Gasteiger partial charge in [-0.1, -0.05) is 18.2 Å². The molecule has 0 aliphatic carbocycles. The monoisotopic (exact) mass is 274 g/mol. The Morgan fingerprint density at radius 2 is 2.30 bits per heavy atom. The van der Waals surface area contributed by atoms with E-state index in [1.807, 2.05) is 19.9 Å². The first-order valence-corrected chi connectivity index (χ1v) is 6.48. The predicted octanol–water partition coefficient (Wildman–Crippen LogP) is 1.16. The van der Waals surface area contributed by atoms with Gasteiger partial charge in [0.15, 0.2) is 0 Å². The molecule has 6 heteroatoms. The summed E-state index contributed by atoms with van der Waals surface area (Å²) in [6, 6.07) is 7.09. The Morgan fingerprint density at radius 3 is 2.90 bits per heavy atom. The van der Waals surface area contributed by atoms with Crippen molar-refractivity contribution in [1.29, 1.82) is 0 Å². The molecule has 0 bridgehead atoms. The van der Waals surface area contributed by atoms with Crippen LogP contribution in [0.4, 0.5) is 0 Å². The average molecular weight is 274 g/mol. The number of carbonyl (C=O) groups is 1. The van der Waals surface area contributed by atoms with Gasteiger partial charge in [0.05, 0.1) is 30.2 Å². The van der Waals surface area contributed by atoms with Crippen LogP contribution in [-0.2, 0) is 0 Å². The van der Waals surface area contributed by atoms with Gasteiger partial charge in [-0.25, -0.2) is 4.68 Å². The fourth-order valence-corrected chi connectivity index (χ4v) is 1.72. The molecule has 106 valence electrons. The van der Waals surface area contributed by atoms with Gasteiger partial charge in [0, 0.05) is 5.56 Å². The van der Waals surface area contributed by atoms with E-state index in [4.69, 9.17) is 0 Å². The van der Waals surface area contributed by atoms with Crippen LogP contribution in [0.15, 0.2) is 36.7 Å². The largest absolute Gasteiger partial charge is 0.394 e. The molecular weight excluding hydrogens is 256 g/mol. The normalized spacial score (nSPS) is 13.8. The number of nitrogens with zero attached hydrogens (tertiary/aromatic N) is 3. The van der Waals surface area contributed by atoms with E-state index >= 15 is 0 Å². The second kappa shape index (κ2) is 5.83. The molecule has 1 aromatic heterocycles. The second-order valence-electron chi connectivity index (χ2n) is 4.92. The summed E-state index contributed by atoms with van der Waals surface area (Å²) in [4.78, 5) is 12.2. The van der Waals surface area contributed by atoms with Crippen molar-refractivity contribution in [3.05, 3.63) is 42.2 Å². The number of rotatable bonds is 5. The molecule has 6 nitrogen and oxygen atoms in total. The van der Waals surface area contributed by atoms with Gasteiger partial charge >= 0.3 is 0 Å². The highest BCUT2D eigenvalue weighted by atomic mass is 16.3. The maximum Gasteiger partial charge on any atom is 0.251 e. The standard InChI is InChI=1S/C14H18N4O2/c1-3-14(2,10-19)16-13(20)11-5-4-6-12(9-11)18-8-7-15-17-18/h4-9,19H,3,10H2,1-2H3,(H,16,20)/t14-/m1/s1. The summed E-state index contributed by atoms with van der Waals surface area (Å²) in [5.74, 6) is -0.217. The number of nitrogens with one attached hydrogen (secondary N) is 1. The highest BCUT2D eigenvalue weighted by molar-refractivity contribution is 5.95. The number of hydrogen-bond donors (Lipinski definition) is 2. The zero-order chi connectivity index (χ0) is 14.6. The Bertz CT molecular complexity index is 577. The molecule has 0 aliphatic rings. The van der Waals surface area contributed by atoms with Crippen LogP contribution in [0.5, 0.6) is 0 Å². The molecule has 0 saturated heterocycles. The molecule has 1 aromatic carbocycles. The molecule has 1 heterocycles. The number of aliphatic hydroxyl groups is 1. The van der Waals surface area contributed by atoms with E-state index in [0.29, 0.717) is 12.0 Å². The molecular formula is C14H18N4O2. The van der Waals surface area contributed by atoms with Crippen LogP contribution in [0, 0.1) is 0 Å². The van der Waals surface area contributed by atoms with Crippen LogP contribution in [-0.4, -0.2) is 38.2 Å². The molecule has 0 fully saturated rings. The van der Waals surface area contributed by atoms with Crippen LogP contribution in [0.25, 0.3) is 5.69 Å². The fraction of sp³-hybridized carbons (Fsp3) is 0.357. The number of benzene rings is 1. The lowest BCUT2D eigenvalue weighted by Gasteiger charge is -2.27. The van der Waals surface area contributed by atoms with Crippen LogP contribution in [0.1, 0.15) is 30.6 Å². The lowest BCUT2D eigenvalue weighted by atomic mass is 9.99. The number of aromatic nitrogens is 3. The predicted molar refractivity (Wildman–Crippen MR) is 74.6 cm³/mol. The van der Waals surface area contributed by atoms with Crippen molar-refractivity contribution in [2.45, 2.75) is 25.8 Å². The molecule has 1 atom stereocenters. The smallest absolute Gasteiger partial charge is 0.251 e. The van der Waals surface area contributed by atoms with E-state index in [2.05, 4.69) is 15.6 Å². The van der Waals surface area contributed by atoms with Gasteiger partial charge < -0.3 is 10.4 Å². The van der Waals surface area contributed by atoms with Crippen molar-refractivity contribution < 1.29 is 9.90 Å². The van der Waals surface area contributed by atoms with E-state index in [1.54, 1.807) is 35.3 Å². The van der Waals surface area contributed by atoms with Gasteiger partial charge in [-0.05, 0) is 31.5 Å². The first kappa shape index (κ1) is 14.2. The summed E-state index contributed by atoms with van der Waals surface area (Å²) < 4.78 is 1.59. The highest BCUT2D eigenvalue weighted by Gasteiger charge is 2.23. The number of aliphatic hydroxyl groups excluding tert-OH is 1. The van der Waals surface area contributed by atoms with E-state index in [1.165, 1.54) is 0 Å². The first-order chi connectivity index (χ1) is 9.58. The Balaban J connectivity index is 2.21. The summed E-state index contributed by atoms with van der Waals surface area (Å²) in [7, 11) is 0. The molecule has 0 spiro atoms. The molecule has 2 aromatic rings. The third-order valence-corrected chi connectivity index (χ3v) is 3.34. The van der Waals surface area contributed by atoms with Crippen molar-refractivity contribution in [2.24, 2.45) is 0 Å². The van der Waals surface area contributed by atoms with Gasteiger partial charge in [0.25, 0.3) is 5.91 Å². The van der Waals surface area contributed by atoms with Crippen LogP contribution >= 0.6 is 0 Å². The third-order valence-electron chi connectivity index (χ3n) is 3.34. The van der Waals surface area contributed by atoms with E-state index < -0.39 is 5.54 Å². The molecule has 2 N–H and O–H groups in total. The molecule has 0 saturated carbocycles. The van der Waals surface area contributed by atoms with Gasteiger partial charge in [-0.2, -0.15) is 0 Å². The third kappa shape index (κ3) is 3.03. The Labute approximate surface area is 117 Å². The quantitative estimate of drug-likeness (QED) is 0.857. The fourth-order valence-electron chi connectivity index (χ4n) is 1.72. The van der Waals surface area contributed by atoms with Crippen molar-refractivity contribution in [2.75, 3.05) is 6.61 Å². The summed E-state index contributed by atoms with van der Waals surface area (Å²) in [5, 5.41) is 19.8. The highest BCUT2D eigenvalue weighted by Crippen LogP contribution is 2.12. The molecule has 0 unspecified atom stereocenters. The minimum atomic E-state index is -0.611. The van der Waals surface area contributed by atoms with E-state index in [9.17, 15) is 9.90 Å². The second-order valence-corrected chi connectivity index (χ2v) is 4.92. The summed E-state index contributed by atoms with van der Waals surface area (Å²) in [5.41, 5.74) is 0.670. The lowest BCUT2D eigenvalue weighted by molar-refractivity contribution is 0.0847. The zero-order valence-corrected chi connectivity index (χ0v) is 11.6. The van der Waals surface area contributed by atoms with Gasteiger partial charge in [-0.15, -0.1) is 5.10 Å². The van der Waals surface area contributed by atoms with Crippen molar-refractivity contribution in [3.63, 3.8) is 0 Å². The molecule has 20 heavy (non-hydrogen) atoms. The minimum absolute atomic E-state index is 0.0992. The molecule has 0 radical (unpaired) electrons. The number of hydrogen-bond acceptors (Lipinski definition) is 4. The lowest BCUT2D eigenvalue weighted by Crippen LogP contribution is -2.48. The van der Waals surface area contributed by atoms with Gasteiger partial charge in [-0.3, -0.25) is 4.79 Å². The Morgan fingerprint density at radius 1 is 1.50 bits per heavy atom. The number of carbonyl (C=O) groups excluding carboxylic acids is 1. The van der Waals surface area contributed by atoms with Crippen molar-refractivity contribution in [3.8, 4) is 5.69 Å². The SMILES string of the molecule is CC[C@](C)(CO)NC(=O)c1cccc(-n2ccnn2)c1. The maximum absolute atomic E-state index is 12.2. The van der Waals surface area contributed by atoms with Crippen molar-refractivity contribution in [1.82, 2.24) is 20.3 Å². The Kier molecular flexibility index (Phi) is 4.14. The molecule has 2 rings (SSSR count). The number of amides is 1. The summed E-state index contributed by atoms with van der Waals surface area (Å²) in [6.07, 6.45) is 3.94.